The number of hydrogen-bond acceptors (Lipinski definition) is 3. The van der Waals surface area contributed by atoms with Gasteiger partial charge < -0.3 is 5.32 Å². The summed E-state index contributed by atoms with van der Waals surface area (Å²) in [5.41, 5.74) is 2.33. The molecule has 0 fully saturated rings. The van der Waals surface area contributed by atoms with E-state index < -0.39 is 15.8 Å². The van der Waals surface area contributed by atoms with Gasteiger partial charge in [0.05, 0.1) is 4.90 Å². The van der Waals surface area contributed by atoms with E-state index in [1.54, 1.807) is 0 Å². The molecule has 0 bridgehead atoms. The number of sulfonamides is 1. The second-order valence-electron chi connectivity index (χ2n) is 6.10. The molecule has 0 aliphatic heterocycles. The lowest BCUT2D eigenvalue weighted by molar-refractivity contribution is 0.102. The number of nitrogens with one attached hydrogen (secondary N) is 2. The third-order valence-electron chi connectivity index (χ3n) is 4.17. The number of para-hydroxylation sites is 1. The highest BCUT2D eigenvalue weighted by molar-refractivity contribution is 7.92. The van der Waals surface area contributed by atoms with E-state index in [4.69, 9.17) is 0 Å². The molecule has 0 aliphatic carbocycles. The van der Waals surface area contributed by atoms with Crippen LogP contribution in [0, 0.1) is 5.82 Å². The van der Waals surface area contributed by atoms with Gasteiger partial charge in [-0.1, -0.05) is 25.1 Å². The van der Waals surface area contributed by atoms with Gasteiger partial charge >= 0.3 is 0 Å². The molecule has 0 heterocycles. The Hall–Kier alpha value is -3.19. The van der Waals surface area contributed by atoms with Crippen molar-refractivity contribution in [2.75, 3.05) is 10.0 Å². The van der Waals surface area contributed by atoms with Crippen LogP contribution in [0.15, 0.2) is 77.7 Å². The Morgan fingerprint density at radius 2 is 1.57 bits per heavy atom. The number of aryl methyl sites for hydroxylation is 1. The maximum atomic E-state index is 13.0. The second kappa shape index (κ2) is 8.22. The Labute approximate surface area is 163 Å². The number of anilines is 2. The van der Waals surface area contributed by atoms with Gasteiger partial charge in [0.25, 0.3) is 15.9 Å². The Morgan fingerprint density at radius 3 is 2.21 bits per heavy atom. The van der Waals surface area contributed by atoms with Gasteiger partial charge in [-0.25, -0.2) is 12.8 Å². The van der Waals surface area contributed by atoms with E-state index in [0.29, 0.717) is 5.56 Å². The molecule has 28 heavy (non-hydrogen) atoms. The van der Waals surface area contributed by atoms with Gasteiger partial charge in [0.1, 0.15) is 5.82 Å². The third kappa shape index (κ3) is 4.55. The van der Waals surface area contributed by atoms with E-state index in [1.165, 1.54) is 48.5 Å². The Morgan fingerprint density at radius 1 is 0.929 bits per heavy atom. The van der Waals surface area contributed by atoms with E-state index in [2.05, 4.69) is 10.0 Å². The first-order chi connectivity index (χ1) is 13.4. The monoisotopic (exact) mass is 398 g/mol. The Kier molecular flexibility index (Phi) is 5.75. The number of amides is 1. The minimum atomic E-state index is -3.84. The van der Waals surface area contributed by atoms with Crippen molar-refractivity contribution in [3.63, 3.8) is 0 Å². The number of rotatable bonds is 6. The molecular formula is C21H19FN2O3S. The lowest BCUT2D eigenvalue weighted by atomic mass is 10.1. The molecule has 3 aromatic carbocycles. The number of benzene rings is 3. The molecule has 2 N–H and O–H groups in total. The minimum Gasteiger partial charge on any atom is -0.322 e. The van der Waals surface area contributed by atoms with Crippen molar-refractivity contribution in [2.45, 2.75) is 18.2 Å². The van der Waals surface area contributed by atoms with Crippen LogP contribution in [0.5, 0.6) is 0 Å². The van der Waals surface area contributed by atoms with Crippen molar-refractivity contribution in [3.8, 4) is 0 Å². The summed E-state index contributed by atoms with van der Waals surface area (Å²) in [5.74, 6) is -0.778. The van der Waals surface area contributed by atoms with Crippen LogP contribution < -0.4 is 10.0 Å². The fraction of sp³-hybridized carbons (Fsp3) is 0.0952. The van der Waals surface area contributed by atoms with Crippen LogP contribution in [-0.4, -0.2) is 14.3 Å². The predicted octanol–water partition coefficient (Wildman–Crippen LogP) is 4.44. The molecule has 3 rings (SSSR count). The molecule has 0 radical (unpaired) electrons. The number of halogens is 1. The van der Waals surface area contributed by atoms with E-state index in [0.717, 1.165) is 17.7 Å². The van der Waals surface area contributed by atoms with Crippen molar-refractivity contribution in [2.24, 2.45) is 0 Å². The van der Waals surface area contributed by atoms with E-state index >= 15 is 0 Å². The average Bonchev–Trinajstić information content (AvgIpc) is 2.70. The van der Waals surface area contributed by atoms with Crippen molar-refractivity contribution in [3.05, 3.63) is 89.7 Å². The van der Waals surface area contributed by atoms with Crippen LogP contribution in [0.25, 0.3) is 0 Å². The fourth-order valence-corrected chi connectivity index (χ4v) is 3.72. The Bertz CT molecular complexity index is 1080. The quantitative estimate of drug-likeness (QED) is 0.645. The zero-order valence-electron chi connectivity index (χ0n) is 15.1. The lowest BCUT2D eigenvalue weighted by Gasteiger charge is -2.11. The van der Waals surface area contributed by atoms with Crippen LogP contribution in [0.2, 0.25) is 0 Å². The number of carbonyl (C=O) groups excluding carboxylic acids is 1. The summed E-state index contributed by atoms with van der Waals surface area (Å²) in [5, 5.41) is 2.84. The van der Waals surface area contributed by atoms with Crippen molar-refractivity contribution in [1.82, 2.24) is 0 Å². The first kappa shape index (κ1) is 19.6. The molecule has 0 spiro atoms. The van der Waals surface area contributed by atoms with Crippen LogP contribution >= 0.6 is 0 Å². The molecule has 144 valence electrons. The maximum Gasteiger partial charge on any atom is 0.261 e. The summed E-state index contributed by atoms with van der Waals surface area (Å²) in [6.07, 6.45) is 0.780. The summed E-state index contributed by atoms with van der Waals surface area (Å²) in [7, 11) is -3.84. The van der Waals surface area contributed by atoms with Crippen molar-refractivity contribution >= 4 is 27.3 Å². The van der Waals surface area contributed by atoms with E-state index in [9.17, 15) is 17.6 Å². The third-order valence-corrected chi connectivity index (χ3v) is 5.57. The van der Waals surface area contributed by atoms with Gasteiger partial charge in [-0.05, 0) is 66.6 Å². The van der Waals surface area contributed by atoms with Gasteiger partial charge in [-0.15, -0.1) is 0 Å². The van der Waals surface area contributed by atoms with Crippen LogP contribution in [-0.2, 0) is 16.4 Å². The smallest absolute Gasteiger partial charge is 0.261 e. The highest BCUT2D eigenvalue weighted by Gasteiger charge is 2.16. The zero-order valence-corrected chi connectivity index (χ0v) is 16.0. The molecule has 0 atom stereocenters. The second-order valence-corrected chi connectivity index (χ2v) is 7.78. The average molecular weight is 398 g/mol. The number of hydrogen-bond donors (Lipinski definition) is 2. The predicted molar refractivity (Wildman–Crippen MR) is 107 cm³/mol. The van der Waals surface area contributed by atoms with Gasteiger partial charge in [-0.3, -0.25) is 9.52 Å². The normalized spacial score (nSPS) is 11.1. The summed E-state index contributed by atoms with van der Waals surface area (Å²) < 4.78 is 40.2. The van der Waals surface area contributed by atoms with Gasteiger partial charge in [0.15, 0.2) is 0 Å². The van der Waals surface area contributed by atoms with Gasteiger partial charge in [-0.2, -0.15) is 0 Å². The molecule has 3 aromatic rings. The van der Waals surface area contributed by atoms with Crippen molar-refractivity contribution in [1.29, 1.82) is 0 Å². The van der Waals surface area contributed by atoms with E-state index in [-0.39, 0.29) is 16.5 Å². The van der Waals surface area contributed by atoms with Crippen LogP contribution in [0.3, 0.4) is 0 Å². The fourth-order valence-electron chi connectivity index (χ4n) is 2.66. The van der Waals surface area contributed by atoms with E-state index in [1.807, 2.05) is 31.2 Å². The summed E-state index contributed by atoms with van der Waals surface area (Å²) in [4.78, 5) is 12.5. The molecule has 5 nitrogen and oxygen atoms in total. The van der Waals surface area contributed by atoms with Crippen LogP contribution in [0.4, 0.5) is 15.8 Å². The standard InChI is InChI=1S/C21H19FN2O3S/c1-2-15-5-3-4-6-20(15)23-21(25)16-7-13-19(14-8-16)28(26,27)24-18-11-9-17(22)10-12-18/h3-14,24H,2H2,1H3,(H,23,25). The molecule has 0 unspecified atom stereocenters. The summed E-state index contributed by atoms with van der Waals surface area (Å²) >= 11 is 0. The van der Waals surface area contributed by atoms with Gasteiger partial charge in [0.2, 0.25) is 0 Å². The molecular weight excluding hydrogens is 379 g/mol. The molecule has 7 heteroatoms. The highest BCUT2D eigenvalue weighted by atomic mass is 32.2. The molecule has 0 aliphatic rings. The first-order valence-corrected chi connectivity index (χ1v) is 10.1. The summed E-state index contributed by atoms with van der Waals surface area (Å²) in [6, 6.07) is 18.1. The largest absolute Gasteiger partial charge is 0.322 e. The summed E-state index contributed by atoms with van der Waals surface area (Å²) in [6.45, 7) is 2.00. The van der Waals surface area contributed by atoms with Crippen LogP contribution in [0.1, 0.15) is 22.8 Å². The topological polar surface area (TPSA) is 75.3 Å². The highest BCUT2D eigenvalue weighted by Crippen LogP contribution is 2.19. The lowest BCUT2D eigenvalue weighted by Crippen LogP contribution is -2.15. The molecule has 0 aromatic heterocycles. The zero-order chi connectivity index (χ0) is 20.1. The minimum absolute atomic E-state index is 0.00216. The van der Waals surface area contributed by atoms with Gasteiger partial charge in [0, 0.05) is 16.9 Å². The number of carbonyl (C=O) groups is 1. The molecule has 0 saturated carbocycles. The van der Waals surface area contributed by atoms with Crippen molar-refractivity contribution < 1.29 is 17.6 Å². The first-order valence-electron chi connectivity index (χ1n) is 8.67. The molecule has 0 saturated heterocycles. The SMILES string of the molecule is CCc1ccccc1NC(=O)c1ccc(S(=O)(=O)Nc2ccc(F)cc2)cc1. The molecule has 1 amide bonds. The maximum absolute atomic E-state index is 13.0. The Balaban J connectivity index is 1.75.